The molecule has 43 heavy (non-hydrogen) atoms. The van der Waals surface area contributed by atoms with Gasteiger partial charge in [-0.15, -0.1) is 0 Å². The van der Waals surface area contributed by atoms with Crippen LogP contribution in [0.3, 0.4) is 0 Å². The van der Waals surface area contributed by atoms with Gasteiger partial charge >= 0.3 is 27.3 Å². The first-order chi connectivity index (χ1) is 20.3. The number of hydrogen-bond acceptors (Lipinski definition) is 6. The van der Waals surface area contributed by atoms with E-state index in [2.05, 4.69) is 13.8 Å². The maximum absolute atomic E-state index is 10.2. The molecule has 2 atom stereocenters. The molecule has 0 aromatic carbocycles. The molecule has 0 aromatic heterocycles. The topological polar surface area (TPSA) is 121 Å². The normalized spacial score (nSPS) is 12.2. The van der Waals surface area contributed by atoms with Gasteiger partial charge in [0.2, 0.25) is 0 Å². The third-order valence-corrected chi connectivity index (χ3v) is 8.12. The fourth-order valence-corrected chi connectivity index (χ4v) is 5.32. The Morgan fingerprint density at radius 3 is 0.860 bits per heavy atom. The van der Waals surface area contributed by atoms with Gasteiger partial charge in [-0.2, -0.15) is 0 Å². The van der Waals surface area contributed by atoms with Crippen molar-refractivity contribution in [1.29, 1.82) is 0 Å². The van der Waals surface area contributed by atoms with E-state index >= 15 is 0 Å². The molecule has 0 aliphatic carbocycles. The van der Waals surface area contributed by atoms with Crippen molar-refractivity contribution in [3.8, 4) is 0 Å². The molecule has 7 heteroatoms. The number of aliphatic hydroxyl groups is 2. The number of aliphatic hydroxyl groups excluding tert-OH is 2. The van der Waals surface area contributed by atoms with E-state index in [9.17, 15) is 30.0 Å². The maximum atomic E-state index is 10.2. The third kappa shape index (κ3) is 46.3. The molecule has 0 fully saturated rings. The summed E-state index contributed by atoms with van der Waals surface area (Å²) < 4.78 is 0. The smallest absolute Gasteiger partial charge is 0.550 e. The van der Waals surface area contributed by atoms with Crippen molar-refractivity contribution in [3.05, 3.63) is 0 Å². The Bertz CT molecular complexity index is 512. The molecule has 2 unspecified atom stereocenters. The van der Waals surface area contributed by atoms with Crippen LogP contribution in [0.15, 0.2) is 0 Å². The van der Waals surface area contributed by atoms with E-state index in [1.807, 2.05) is 0 Å². The molecule has 2 N–H and O–H groups in total. The average molecular weight is 806 g/mol. The summed E-state index contributed by atoms with van der Waals surface area (Å²) in [7, 11) is 0. The number of carbonyl (C=O) groups excluding carboxylic acids is 2. The van der Waals surface area contributed by atoms with Crippen LogP contribution in [0.5, 0.6) is 0 Å². The van der Waals surface area contributed by atoms with Crippen LogP contribution in [0.2, 0.25) is 0 Å². The molecule has 254 valence electrons. The zero-order valence-corrected chi connectivity index (χ0v) is 32.3. The molecule has 0 saturated carbocycles. The molecule has 0 aliphatic rings. The summed E-state index contributed by atoms with van der Waals surface area (Å²) in [5.74, 6) is -1.87. The second-order valence-corrected chi connectivity index (χ2v) is 12.5. The summed E-state index contributed by atoms with van der Waals surface area (Å²) in [5.41, 5.74) is 0. The van der Waals surface area contributed by atoms with Crippen LogP contribution in [0, 0.1) is 0 Å². The zero-order chi connectivity index (χ0) is 31.5. The fraction of sp³-hybridized carbons (Fsp3) is 0.944. The summed E-state index contributed by atoms with van der Waals surface area (Å²) in [6, 6.07) is 0. The molecule has 0 aliphatic heterocycles. The molecule has 0 aromatic rings. The van der Waals surface area contributed by atoms with Crippen molar-refractivity contribution in [3.63, 3.8) is 0 Å². The predicted octanol–water partition coefficient (Wildman–Crippen LogP) is 7.56. The van der Waals surface area contributed by atoms with Gasteiger partial charge in [-0.05, 0) is 51.4 Å². The zero-order valence-electron chi connectivity index (χ0n) is 28.4. The van der Waals surface area contributed by atoms with Crippen LogP contribution in [-0.4, -0.2) is 61.7 Å². The Balaban J connectivity index is -0.000000727. The van der Waals surface area contributed by atoms with Gasteiger partial charge in [0.15, 0.2) is 0 Å². The number of unbranched alkanes of at least 4 members (excludes halogenated alkanes) is 20. The van der Waals surface area contributed by atoms with Crippen molar-refractivity contribution < 1.29 is 30.0 Å². The molecule has 6 nitrogen and oxygen atoms in total. The molecule has 0 amide bonds. The van der Waals surface area contributed by atoms with Gasteiger partial charge in [0, 0.05) is 11.9 Å². The number of carboxylic acids is 2. The first-order valence-electron chi connectivity index (χ1n) is 18.1. The number of carbonyl (C=O) groups is 2. The van der Waals surface area contributed by atoms with Crippen LogP contribution >= 0.6 is 0 Å². The SMILES string of the molecule is CCCCCCCCC(O)CCCCCCCCC(=O)[O-].CCCCCCCCC(O)CCCCCCCCC(=O)[O-].[Pb+2]. The predicted molar refractivity (Wildman–Crippen MR) is 178 cm³/mol. The van der Waals surface area contributed by atoms with Gasteiger partial charge in [-0.1, -0.05) is 155 Å². The molecular weight excluding hydrogens is 736 g/mol. The fourth-order valence-electron chi connectivity index (χ4n) is 5.32. The van der Waals surface area contributed by atoms with E-state index in [1.165, 1.54) is 64.2 Å². The Hall–Kier alpha value is -0.218. The van der Waals surface area contributed by atoms with E-state index in [0.717, 1.165) is 116 Å². The van der Waals surface area contributed by atoms with E-state index in [4.69, 9.17) is 0 Å². The van der Waals surface area contributed by atoms with Gasteiger partial charge in [-0.25, -0.2) is 0 Å². The Labute approximate surface area is 286 Å². The van der Waals surface area contributed by atoms with Crippen LogP contribution in [-0.2, 0) is 9.59 Å². The minimum absolute atomic E-state index is 0. The molecule has 0 bridgehead atoms. The van der Waals surface area contributed by atoms with E-state index in [1.54, 1.807) is 0 Å². The average Bonchev–Trinajstić information content (AvgIpc) is 2.95. The summed E-state index contributed by atoms with van der Waals surface area (Å²) in [6.07, 6.45) is 31.7. The monoisotopic (exact) mass is 806 g/mol. The standard InChI is InChI=1S/2C18H36O3.Pb/c2*1-2-3-4-5-8-11-14-17(19)15-12-9-6-7-10-13-16-18(20)21;/h2*17,19H,2-16H2,1H3,(H,20,21);/q;;+2/p-2. The minimum Gasteiger partial charge on any atom is -0.550 e. The largest absolute Gasteiger partial charge is 2.00 e. The van der Waals surface area contributed by atoms with Gasteiger partial charge in [0.25, 0.3) is 0 Å². The molecular formula is C36H70O6Pb. The second-order valence-electron chi connectivity index (χ2n) is 12.5. The van der Waals surface area contributed by atoms with Gasteiger partial charge in [-0.3, -0.25) is 0 Å². The van der Waals surface area contributed by atoms with Gasteiger partial charge in [0.1, 0.15) is 0 Å². The van der Waals surface area contributed by atoms with Crippen molar-refractivity contribution in [2.75, 3.05) is 0 Å². The number of hydrogen-bond donors (Lipinski definition) is 2. The van der Waals surface area contributed by atoms with E-state index < -0.39 is 11.9 Å². The Morgan fingerprint density at radius 1 is 0.419 bits per heavy atom. The second kappa shape index (κ2) is 39.8. The molecule has 0 spiro atoms. The summed E-state index contributed by atoms with van der Waals surface area (Å²) in [5, 5.41) is 40.2. The van der Waals surface area contributed by atoms with Crippen molar-refractivity contribution in [1.82, 2.24) is 0 Å². The number of carboxylic acid groups (broad SMARTS) is 2. The number of aliphatic carboxylic acids is 2. The quantitative estimate of drug-likeness (QED) is 0.0535. The molecule has 0 saturated heterocycles. The van der Waals surface area contributed by atoms with Crippen LogP contribution in [0.4, 0.5) is 0 Å². The van der Waals surface area contributed by atoms with Crippen molar-refractivity contribution in [2.24, 2.45) is 0 Å². The summed E-state index contributed by atoms with van der Waals surface area (Å²) in [4.78, 5) is 20.5. The Kier molecular flexibility index (Phi) is 43.7. The first-order valence-corrected chi connectivity index (χ1v) is 18.1. The van der Waals surface area contributed by atoms with Gasteiger partial charge in [0.05, 0.1) is 12.2 Å². The van der Waals surface area contributed by atoms with E-state index in [-0.39, 0.29) is 52.3 Å². The van der Waals surface area contributed by atoms with E-state index in [0.29, 0.717) is 0 Å². The molecule has 0 heterocycles. The molecule has 0 rings (SSSR count). The molecule has 2 radical (unpaired) electrons. The summed E-state index contributed by atoms with van der Waals surface area (Å²) >= 11 is 0. The van der Waals surface area contributed by atoms with Crippen molar-refractivity contribution in [2.45, 2.75) is 219 Å². The maximum Gasteiger partial charge on any atom is 2.00 e. The van der Waals surface area contributed by atoms with Gasteiger partial charge < -0.3 is 30.0 Å². The summed E-state index contributed by atoms with van der Waals surface area (Å²) in [6.45, 7) is 4.46. The number of rotatable bonds is 32. The van der Waals surface area contributed by atoms with Crippen molar-refractivity contribution >= 4 is 39.2 Å². The Morgan fingerprint density at radius 2 is 0.628 bits per heavy atom. The third-order valence-electron chi connectivity index (χ3n) is 8.12. The minimum atomic E-state index is -0.937. The van der Waals surface area contributed by atoms with Crippen LogP contribution in [0.25, 0.3) is 0 Å². The van der Waals surface area contributed by atoms with Crippen LogP contribution < -0.4 is 10.2 Å². The van der Waals surface area contributed by atoms with Crippen LogP contribution in [0.1, 0.15) is 206 Å². The first kappa shape index (κ1) is 47.2.